The zero-order valence-corrected chi connectivity index (χ0v) is 20.9. The molecule has 0 spiro atoms. The van der Waals surface area contributed by atoms with Gasteiger partial charge < -0.3 is 20.1 Å². The number of morpholine rings is 1. The van der Waals surface area contributed by atoms with Crippen LogP contribution in [-0.4, -0.2) is 68.2 Å². The Hall–Kier alpha value is -2.31. The summed E-state index contributed by atoms with van der Waals surface area (Å²) in [4.78, 5) is 9.40. The molecule has 2 saturated heterocycles. The highest BCUT2D eigenvalue weighted by molar-refractivity contribution is 9.10. The number of benzene rings is 2. The fourth-order valence-corrected chi connectivity index (χ4v) is 5.92. The van der Waals surface area contributed by atoms with Crippen LogP contribution in [0.2, 0.25) is 0 Å². The Morgan fingerprint density at radius 3 is 2.56 bits per heavy atom. The standard InChI is InChI=1S/C23H26BrN5O4S/c24-20-5-6-21(33-17-7-9-25-10-8-17)22-19(20)15-26-23(28-22)27-16-1-3-18(4-2-16)34(30,31)29-11-13-32-14-12-29/h1-6,15,17,25H,7-14H2,(H,26,27,28). The summed E-state index contributed by atoms with van der Waals surface area (Å²) in [7, 11) is -3.54. The molecule has 5 rings (SSSR count). The molecule has 0 atom stereocenters. The minimum Gasteiger partial charge on any atom is -0.488 e. The van der Waals surface area contributed by atoms with Gasteiger partial charge >= 0.3 is 0 Å². The first-order valence-corrected chi connectivity index (χ1v) is 13.5. The minimum atomic E-state index is -3.54. The van der Waals surface area contributed by atoms with Crippen molar-refractivity contribution in [2.75, 3.05) is 44.7 Å². The van der Waals surface area contributed by atoms with Gasteiger partial charge in [-0.2, -0.15) is 4.31 Å². The first-order valence-electron chi connectivity index (χ1n) is 11.3. The lowest BCUT2D eigenvalue weighted by molar-refractivity contribution is 0.0730. The molecule has 0 aliphatic carbocycles. The number of piperidine rings is 1. The second-order valence-electron chi connectivity index (χ2n) is 8.23. The van der Waals surface area contributed by atoms with Gasteiger partial charge in [0.1, 0.15) is 17.4 Å². The molecule has 2 aromatic carbocycles. The molecule has 11 heteroatoms. The molecule has 3 aromatic rings. The fourth-order valence-electron chi connectivity index (χ4n) is 4.09. The SMILES string of the molecule is O=S(=O)(c1ccc(Nc2ncc3c(Br)ccc(OC4CCNCC4)c3n2)cc1)N1CCOCC1. The summed E-state index contributed by atoms with van der Waals surface area (Å²) in [6.45, 7) is 3.45. The number of fused-ring (bicyclic) bond motifs is 1. The second-order valence-corrected chi connectivity index (χ2v) is 11.0. The summed E-state index contributed by atoms with van der Waals surface area (Å²) in [6, 6.07) is 10.5. The lowest BCUT2D eigenvalue weighted by Crippen LogP contribution is -2.40. The topological polar surface area (TPSA) is 106 Å². The maximum Gasteiger partial charge on any atom is 0.243 e. The Bertz CT molecular complexity index is 1260. The number of halogens is 1. The van der Waals surface area contributed by atoms with Crippen LogP contribution >= 0.6 is 15.9 Å². The number of aromatic nitrogens is 2. The van der Waals surface area contributed by atoms with Gasteiger partial charge in [-0.25, -0.2) is 18.4 Å². The van der Waals surface area contributed by atoms with Crippen LogP contribution in [-0.2, 0) is 14.8 Å². The van der Waals surface area contributed by atoms with Gasteiger partial charge in [-0.15, -0.1) is 0 Å². The molecular weight excluding hydrogens is 522 g/mol. The van der Waals surface area contributed by atoms with Crippen molar-refractivity contribution in [3.63, 3.8) is 0 Å². The molecule has 2 N–H and O–H groups in total. The van der Waals surface area contributed by atoms with Crippen LogP contribution in [0.25, 0.3) is 10.9 Å². The summed E-state index contributed by atoms with van der Waals surface area (Å²) >= 11 is 3.57. The molecule has 9 nitrogen and oxygen atoms in total. The quantitative estimate of drug-likeness (QED) is 0.484. The van der Waals surface area contributed by atoms with Crippen molar-refractivity contribution in [3.8, 4) is 5.75 Å². The van der Waals surface area contributed by atoms with E-state index in [9.17, 15) is 8.42 Å². The first kappa shape index (κ1) is 23.4. The minimum absolute atomic E-state index is 0.151. The van der Waals surface area contributed by atoms with Crippen LogP contribution in [0.15, 0.2) is 52.0 Å². The Labute approximate surface area is 207 Å². The van der Waals surface area contributed by atoms with Crippen LogP contribution in [0.3, 0.4) is 0 Å². The van der Waals surface area contributed by atoms with Crippen LogP contribution in [0.5, 0.6) is 5.75 Å². The predicted molar refractivity (Wildman–Crippen MR) is 133 cm³/mol. The van der Waals surface area contributed by atoms with Crippen molar-refractivity contribution in [2.45, 2.75) is 23.8 Å². The van der Waals surface area contributed by atoms with E-state index in [1.54, 1.807) is 30.5 Å². The molecule has 3 heterocycles. The molecule has 2 aliphatic heterocycles. The van der Waals surface area contributed by atoms with Gasteiger partial charge in [0.25, 0.3) is 0 Å². The van der Waals surface area contributed by atoms with Crippen LogP contribution in [0, 0.1) is 0 Å². The summed E-state index contributed by atoms with van der Waals surface area (Å²) < 4.78 is 39.6. The van der Waals surface area contributed by atoms with E-state index < -0.39 is 10.0 Å². The Balaban J connectivity index is 1.36. The molecule has 34 heavy (non-hydrogen) atoms. The second kappa shape index (κ2) is 10.1. The molecule has 0 radical (unpaired) electrons. The zero-order chi connectivity index (χ0) is 23.5. The van der Waals surface area contributed by atoms with Gasteiger partial charge in [0, 0.05) is 34.8 Å². The molecular formula is C23H26BrN5O4S. The summed E-state index contributed by atoms with van der Waals surface area (Å²) in [5, 5.41) is 7.38. The lowest BCUT2D eigenvalue weighted by atomic mass is 10.1. The molecule has 0 amide bonds. The van der Waals surface area contributed by atoms with E-state index in [4.69, 9.17) is 14.5 Å². The highest BCUT2D eigenvalue weighted by Gasteiger charge is 2.26. The Kier molecular flexibility index (Phi) is 6.98. The van der Waals surface area contributed by atoms with Crippen molar-refractivity contribution < 1.29 is 17.9 Å². The average molecular weight is 548 g/mol. The normalized spacial score (nSPS) is 18.1. The van der Waals surface area contributed by atoms with Gasteiger partial charge in [-0.05, 0) is 62.3 Å². The smallest absolute Gasteiger partial charge is 0.243 e. The van der Waals surface area contributed by atoms with Gasteiger partial charge in [0.05, 0.1) is 18.1 Å². The molecule has 1 aromatic heterocycles. The van der Waals surface area contributed by atoms with Crippen LogP contribution in [0.4, 0.5) is 11.6 Å². The number of rotatable bonds is 6. The van der Waals surface area contributed by atoms with E-state index in [0.717, 1.165) is 47.1 Å². The average Bonchev–Trinajstić information content (AvgIpc) is 2.87. The number of sulfonamides is 1. The van der Waals surface area contributed by atoms with Crippen molar-refractivity contribution >= 4 is 48.5 Å². The van der Waals surface area contributed by atoms with E-state index >= 15 is 0 Å². The van der Waals surface area contributed by atoms with E-state index in [1.807, 2.05) is 12.1 Å². The molecule has 2 fully saturated rings. The summed E-state index contributed by atoms with van der Waals surface area (Å²) in [5.41, 5.74) is 1.41. The van der Waals surface area contributed by atoms with Crippen molar-refractivity contribution in [3.05, 3.63) is 47.1 Å². The molecule has 0 saturated carbocycles. The highest BCUT2D eigenvalue weighted by Crippen LogP contribution is 2.32. The first-order chi connectivity index (χ1) is 16.5. The van der Waals surface area contributed by atoms with E-state index in [2.05, 4.69) is 31.5 Å². The Morgan fingerprint density at radius 2 is 1.82 bits per heavy atom. The Morgan fingerprint density at radius 1 is 1.09 bits per heavy atom. The van der Waals surface area contributed by atoms with Gasteiger partial charge in [-0.1, -0.05) is 15.9 Å². The predicted octanol–water partition coefficient (Wildman–Crippen LogP) is 3.29. The largest absolute Gasteiger partial charge is 0.488 e. The highest BCUT2D eigenvalue weighted by atomic mass is 79.9. The molecule has 0 unspecified atom stereocenters. The van der Waals surface area contributed by atoms with Crippen LogP contribution in [0.1, 0.15) is 12.8 Å². The van der Waals surface area contributed by atoms with E-state index in [-0.39, 0.29) is 11.0 Å². The fraction of sp³-hybridized carbons (Fsp3) is 0.391. The summed E-state index contributed by atoms with van der Waals surface area (Å²) in [6.07, 6.45) is 3.81. The maximum absolute atomic E-state index is 12.8. The van der Waals surface area contributed by atoms with Gasteiger partial charge in [0.15, 0.2) is 0 Å². The third-order valence-corrected chi connectivity index (χ3v) is 8.56. The monoisotopic (exact) mass is 547 g/mol. The number of anilines is 2. The van der Waals surface area contributed by atoms with Gasteiger partial charge in [-0.3, -0.25) is 0 Å². The lowest BCUT2D eigenvalue weighted by Gasteiger charge is -2.26. The molecule has 180 valence electrons. The molecule has 2 aliphatic rings. The number of hydrogen-bond donors (Lipinski definition) is 2. The van der Waals surface area contributed by atoms with Crippen molar-refractivity contribution in [1.82, 2.24) is 19.6 Å². The number of hydrogen-bond acceptors (Lipinski definition) is 8. The van der Waals surface area contributed by atoms with Crippen molar-refractivity contribution in [1.29, 1.82) is 0 Å². The van der Waals surface area contributed by atoms with Gasteiger partial charge in [0.2, 0.25) is 16.0 Å². The van der Waals surface area contributed by atoms with Crippen LogP contribution < -0.4 is 15.4 Å². The number of nitrogens with zero attached hydrogens (tertiary/aromatic N) is 3. The summed E-state index contributed by atoms with van der Waals surface area (Å²) in [5.74, 6) is 1.13. The molecule has 0 bridgehead atoms. The van der Waals surface area contributed by atoms with Crippen molar-refractivity contribution in [2.24, 2.45) is 0 Å². The number of ether oxygens (including phenoxy) is 2. The third kappa shape index (κ3) is 5.03. The number of nitrogens with one attached hydrogen (secondary N) is 2. The van der Waals surface area contributed by atoms with E-state index in [0.29, 0.717) is 37.9 Å². The third-order valence-electron chi connectivity index (χ3n) is 5.96. The maximum atomic E-state index is 12.8. The zero-order valence-electron chi connectivity index (χ0n) is 18.5. The van der Waals surface area contributed by atoms with E-state index in [1.165, 1.54) is 4.31 Å².